The predicted octanol–water partition coefficient (Wildman–Crippen LogP) is 3.35. The normalized spacial score (nSPS) is 12.0. The Bertz CT molecular complexity index is 874. The molecule has 0 bridgehead atoms. The second-order valence-corrected chi connectivity index (χ2v) is 6.80. The third-order valence-electron chi connectivity index (χ3n) is 4.57. The summed E-state index contributed by atoms with van der Waals surface area (Å²) in [6.07, 6.45) is 2.02. The molecule has 0 fully saturated rings. The molecule has 0 saturated carbocycles. The lowest BCUT2D eigenvalue weighted by Gasteiger charge is -2.21. The molecule has 140 valence electrons. The second kappa shape index (κ2) is 8.64. The zero-order valence-corrected chi connectivity index (χ0v) is 16.1. The first-order chi connectivity index (χ1) is 13.1. The summed E-state index contributed by atoms with van der Waals surface area (Å²) in [5, 5.41) is 7.88. The minimum atomic E-state index is -0.0654. The van der Waals surface area contributed by atoms with E-state index in [4.69, 9.17) is 5.10 Å². The van der Waals surface area contributed by atoms with Gasteiger partial charge in [0.2, 0.25) is 5.91 Å². The van der Waals surface area contributed by atoms with Gasteiger partial charge in [-0.05, 0) is 19.2 Å². The summed E-state index contributed by atoms with van der Waals surface area (Å²) in [7, 11) is 3.71. The van der Waals surface area contributed by atoms with Gasteiger partial charge in [-0.3, -0.25) is 4.79 Å². The van der Waals surface area contributed by atoms with Gasteiger partial charge in [0.15, 0.2) is 0 Å². The summed E-state index contributed by atoms with van der Waals surface area (Å²) in [5.74, 6) is 0.0557. The van der Waals surface area contributed by atoms with Crippen molar-refractivity contribution < 1.29 is 4.79 Å². The minimum Gasteiger partial charge on any atom is -0.341 e. The summed E-state index contributed by atoms with van der Waals surface area (Å²) in [5.41, 5.74) is 3.97. The summed E-state index contributed by atoms with van der Waals surface area (Å²) >= 11 is 0. The van der Waals surface area contributed by atoms with Crippen molar-refractivity contribution in [3.63, 3.8) is 0 Å². The van der Waals surface area contributed by atoms with E-state index >= 15 is 0 Å². The molecule has 0 aliphatic rings. The number of nitrogens with zero attached hydrogens (tertiary/aromatic N) is 3. The molecule has 1 unspecified atom stereocenters. The van der Waals surface area contributed by atoms with Crippen LogP contribution in [-0.4, -0.2) is 41.2 Å². The number of rotatable bonds is 7. The van der Waals surface area contributed by atoms with Crippen LogP contribution < -0.4 is 5.32 Å². The molecule has 1 amide bonds. The number of aromatic nitrogens is 2. The van der Waals surface area contributed by atoms with Gasteiger partial charge >= 0.3 is 0 Å². The zero-order valence-electron chi connectivity index (χ0n) is 16.1. The molecule has 0 spiro atoms. The van der Waals surface area contributed by atoms with Crippen molar-refractivity contribution in [3.8, 4) is 16.9 Å². The smallest absolute Gasteiger partial charge is 0.226 e. The van der Waals surface area contributed by atoms with Gasteiger partial charge in [-0.1, -0.05) is 55.5 Å². The van der Waals surface area contributed by atoms with Gasteiger partial charge in [0.1, 0.15) is 0 Å². The van der Waals surface area contributed by atoms with Gasteiger partial charge in [-0.15, -0.1) is 0 Å². The van der Waals surface area contributed by atoms with Crippen LogP contribution in [0.25, 0.3) is 16.9 Å². The molecule has 0 aliphatic carbocycles. The molecule has 0 radical (unpaired) electrons. The number of benzene rings is 2. The predicted molar refractivity (Wildman–Crippen MR) is 109 cm³/mol. The van der Waals surface area contributed by atoms with E-state index in [-0.39, 0.29) is 11.8 Å². The lowest BCUT2D eigenvalue weighted by atomic mass is 10.1. The van der Waals surface area contributed by atoms with E-state index in [0.717, 1.165) is 22.5 Å². The Hall–Kier alpha value is -2.92. The van der Waals surface area contributed by atoms with Gasteiger partial charge in [0, 0.05) is 43.4 Å². The molecule has 3 rings (SSSR count). The molecule has 5 heteroatoms. The van der Waals surface area contributed by atoms with Gasteiger partial charge in [0.25, 0.3) is 0 Å². The number of amides is 1. The lowest BCUT2D eigenvalue weighted by molar-refractivity contribution is -0.134. The molecule has 3 aromatic rings. The number of carbonyl (C=O) groups excluding carboxylic acids is 1. The summed E-state index contributed by atoms with van der Waals surface area (Å²) in [4.78, 5) is 14.4. The average Bonchev–Trinajstić information content (AvgIpc) is 3.12. The van der Waals surface area contributed by atoms with Crippen LogP contribution >= 0.6 is 0 Å². The third kappa shape index (κ3) is 4.44. The van der Waals surface area contributed by atoms with Crippen molar-refractivity contribution in [2.24, 2.45) is 5.92 Å². The maximum absolute atomic E-state index is 12.6. The Morgan fingerprint density at radius 1 is 1.11 bits per heavy atom. The Labute approximate surface area is 160 Å². The highest BCUT2D eigenvalue weighted by atomic mass is 16.2. The van der Waals surface area contributed by atoms with Gasteiger partial charge in [-0.2, -0.15) is 5.10 Å². The van der Waals surface area contributed by atoms with Crippen molar-refractivity contribution in [2.45, 2.75) is 13.5 Å². The fraction of sp³-hybridized carbons (Fsp3) is 0.273. The molecule has 27 heavy (non-hydrogen) atoms. The Morgan fingerprint density at radius 3 is 2.37 bits per heavy atom. The van der Waals surface area contributed by atoms with E-state index < -0.39 is 0 Å². The van der Waals surface area contributed by atoms with Gasteiger partial charge < -0.3 is 10.2 Å². The quantitative estimate of drug-likeness (QED) is 0.701. The molecule has 1 heterocycles. The summed E-state index contributed by atoms with van der Waals surface area (Å²) in [6.45, 7) is 3.13. The molecule has 2 aromatic carbocycles. The molecule has 5 nitrogen and oxygen atoms in total. The highest BCUT2D eigenvalue weighted by Gasteiger charge is 2.20. The molecule has 1 N–H and O–H groups in total. The SMILES string of the molecule is CNCC(C)C(=O)N(C)Cc1cn(-c2ccccc2)nc1-c1ccccc1. The monoisotopic (exact) mass is 362 g/mol. The lowest BCUT2D eigenvalue weighted by Crippen LogP contribution is -2.35. The third-order valence-corrected chi connectivity index (χ3v) is 4.57. The molecule has 1 atom stereocenters. The topological polar surface area (TPSA) is 50.2 Å². The summed E-state index contributed by atoms with van der Waals surface area (Å²) in [6, 6.07) is 20.1. The fourth-order valence-corrected chi connectivity index (χ4v) is 3.18. The van der Waals surface area contributed by atoms with Crippen LogP contribution in [0.15, 0.2) is 66.9 Å². The van der Waals surface area contributed by atoms with Crippen LogP contribution in [-0.2, 0) is 11.3 Å². The minimum absolute atomic E-state index is 0.0654. The maximum atomic E-state index is 12.6. The first-order valence-corrected chi connectivity index (χ1v) is 9.19. The number of hydrogen-bond acceptors (Lipinski definition) is 3. The van der Waals surface area contributed by atoms with Crippen LogP contribution in [0.2, 0.25) is 0 Å². The molecule has 1 aromatic heterocycles. The van der Waals surface area contributed by atoms with Crippen LogP contribution in [0, 0.1) is 5.92 Å². The first kappa shape index (κ1) is 18.9. The number of para-hydroxylation sites is 1. The van der Waals surface area contributed by atoms with E-state index in [1.165, 1.54) is 0 Å². The first-order valence-electron chi connectivity index (χ1n) is 9.19. The Morgan fingerprint density at radius 2 is 1.74 bits per heavy atom. The van der Waals surface area contributed by atoms with Crippen molar-refractivity contribution in [1.82, 2.24) is 20.0 Å². The number of carbonyl (C=O) groups is 1. The van der Waals surface area contributed by atoms with Crippen molar-refractivity contribution in [2.75, 3.05) is 20.6 Å². The van der Waals surface area contributed by atoms with E-state index in [0.29, 0.717) is 13.1 Å². The second-order valence-electron chi connectivity index (χ2n) is 6.80. The largest absolute Gasteiger partial charge is 0.341 e. The molecule has 0 saturated heterocycles. The van der Waals surface area contributed by atoms with Crippen LogP contribution in [0.1, 0.15) is 12.5 Å². The standard InChI is InChI=1S/C22H26N4O/c1-17(14-23-2)22(27)25(3)15-19-16-26(20-12-8-5-9-13-20)24-21(19)18-10-6-4-7-11-18/h4-13,16-17,23H,14-15H2,1-3H3. The maximum Gasteiger partial charge on any atom is 0.226 e. The molecular weight excluding hydrogens is 336 g/mol. The van der Waals surface area contributed by atoms with Crippen LogP contribution in [0.5, 0.6) is 0 Å². The Balaban J connectivity index is 1.93. The number of nitrogens with one attached hydrogen (secondary N) is 1. The summed E-state index contributed by atoms with van der Waals surface area (Å²) < 4.78 is 1.88. The molecular formula is C22H26N4O. The van der Waals surface area contributed by atoms with E-state index in [1.807, 2.05) is 92.6 Å². The average molecular weight is 362 g/mol. The zero-order chi connectivity index (χ0) is 19.2. The van der Waals surface area contributed by atoms with Gasteiger partial charge in [-0.25, -0.2) is 4.68 Å². The van der Waals surface area contributed by atoms with E-state index in [1.54, 1.807) is 4.90 Å². The highest BCUT2D eigenvalue weighted by molar-refractivity contribution is 5.78. The fourth-order valence-electron chi connectivity index (χ4n) is 3.18. The molecule has 0 aliphatic heterocycles. The Kier molecular flexibility index (Phi) is 6.04. The van der Waals surface area contributed by atoms with Crippen molar-refractivity contribution in [3.05, 3.63) is 72.4 Å². The van der Waals surface area contributed by atoms with Crippen molar-refractivity contribution in [1.29, 1.82) is 0 Å². The number of hydrogen-bond donors (Lipinski definition) is 1. The van der Waals surface area contributed by atoms with E-state index in [9.17, 15) is 4.79 Å². The van der Waals surface area contributed by atoms with Gasteiger partial charge in [0.05, 0.1) is 11.4 Å². The highest BCUT2D eigenvalue weighted by Crippen LogP contribution is 2.25. The van der Waals surface area contributed by atoms with E-state index in [2.05, 4.69) is 5.32 Å². The van der Waals surface area contributed by atoms with Crippen molar-refractivity contribution >= 4 is 5.91 Å². The van der Waals surface area contributed by atoms with Crippen LogP contribution in [0.3, 0.4) is 0 Å². The van der Waals surface area contributed by atoms with Crippen LogP contribution in [0.4, 0.5) is 0 Å².